The summed E-state index contributed by atoms with van der Waals surface area (Å²) < 4.78 is 44.3. The number of hydrogen-bond donors (Lipinski definition) is 4. The Kier molecular flexibility index (Phi) is 18.3. The first-order valence-electron chi connectivity index (χ1n) is 26.6. The van der Waals surface area contributed by atoms with Crippen LogP contribution in [0, 0.1) is 18.8 Å². The molecule has 3 aromatic carbocycles. The van der Waals surface area contributed by atoms with Gasteiger partial charge < -0.3 is 49.6 Å². The summed E-state index contributed by atoms with van der Waals surface area (Å²) in [5.41, 5.74) is 3.43. The second-order valence-corrected chi connectivity index (χ2v) is 22.6. The van der Waals surface area contributed by atoms with Crippen LogP contribution in [0.1, 0.15) is 103 Å². The minimum absolute atomic E-state index is 0.0326. The first-order valence-corrected chi connectivity index (χ1v) is 28.4. The Morgan fingerprint density at radius 2 is 1.68 bits per heavy atom. The van der Waals surface area contributed by atoms with Crippen LogP contribution in [0.4, 0.5) is 25.4 Å². The highest BCUT2D eigenvalue weighted by Crippen LogP contribution is 2.55. The molecule has 17 nitrogen and oxygen atoms in total. The number of urea groups is 1. The zero-order valence-electron chi connectivity index (χ0n) is 44.0. The largest absolute Gasteiger partial charge is 0.481 e. The van der Waals surface area contributed by atoms with E-state index >= 15 is 0 Å². The van der Waals surface area contributed by atoms with E-state index in [0.29, 0.717) is 74.4 Å². The second-order valence-electron chi connectivity index (χ2n) is 20.5. The van der Waals surface area contributed by atoms with Gasteiger partial charge in [-0.2, -0.15) is 0 Å². The predicted octanol–water partition coefficient (Wildman–Crippen LogP) is 10.6. The number of ether oxygens (including phenoxy) is 5. The molecule has 6 atom stereocenters. The molecule has 2 aliphatic carbocycles. The molecule has 4 N–H and O–H groups in total. The highest BCUT2D eigenvalue weighted by Gasteiger charge is 2.62. The monoisotopic (exact) mass is 1110 g/mol. The summed E-state index contributed by atoms with van der Waals surface area (Å²) in [6.45, 7) is 5.02. The Balaban J connectivity index is 0.768. The molecule has 4 aliphatic rings. The Hall–Kier alpha value is -7.03. The van der Waals surface area contributed by atoms with Gasteiger partial charge in [0.15, 0.2) is 11.5 Å². The number of nitrogens with zero attached hydrogens (tertiary/aromatic N) is 3. The van der Waals surface area contributed by atoms with E-state index in [1.165, 1.54) is 7.11 Å². The van der Waals surface area contributed by atoms with Crippen LogP contribution >= 0.6 is 22.7 Å². The van der Waals surface area contributed by atoms with Gasteiger partial charge in [-0.15, -0.1) is 22.7 Å². The summed E-state index contributed by atoms with van der Waals surface area (Å²) >= 11 is 3.14. The maximum absolute atomic E-state index is 14.6. The van der Waals surface area contributed by atoms with Crippen molar-refractivity contribution in [3.8, 4) is 11.5 Å². The Morgan fingerprint density at radius 3 is 2.35 bits per heavy atom. The number of thiophene rings is 2. The van der Waals surface area contributed by atoms with E-state index < -0.39 is 54.0 Å². The number of likely N-dealkylation sites (tertiary alicyclic amines) is 1. The SMILES string of the molecule is CCCC[C@@H](COC(=O)N(Cc1cccs1)Cc1cccs1)NC(=O)NC1(c2ccc3c(c2)OC(c2ccc(N=CNc4ccc(CC(=O)N5C[C@@H](F)C[C@H]5COC5CCC(C(=O)O)CC5)cc4)c(C)c2)O3)CC1C(=O)OC. The lowest BCUT2D eigenvalue weighted by molar-refractivity contribution is -0.144. The number of anilines is 1. The minimum Gasteiger partial charge on any atom is -0.481 e. The van der Waals surface area contributed by atoms with Crippen molar-refractivity contribution >= 4 is 70.4 Å². The van der Waals surface area contributed by atoms with Gasteiger partial charge in [0.2, 0.25) is 5.91 Å². The first kappa shape index (κ1) is 55.7. The van der Waals surface area contributed by atoms with Crippen LogP contribution < -0.4 is 25.4 Å². The Morgan fingerprint density at radius 1 is 0.949 bits per heavy atom. The van der Waals surface area contributed by atoms with Crippen LogP contribution in [0.3, 0.4) is 0 Å². The fraction of sp³-hybridized carbons (Fsp3) is 0.448. The van der Waals surface area contributed by atoms with Crippen LogP contribution in [-0.2, 0) is 53.6 Å². The van der Waals surface area contributed by atoms with Gasteiger partial charge in [0.25, 0.3) is 6.29 Å². The van der Waals surface area contributed by atoms with Crippen molar-refractivity contribution in [3.63, 3.8) is 0 Å². The summed E-state index contributed by atoms with van der Waals surface area (Å²) in [6.07, 6.45) is 4.44. The molecule has 0 radical (unpaired) electrons. The maximum atomic E-state index is 14.6. The molecule has 3 unspecified atom stereocenters. The van der Waals surface area contributed by atoms with Crippen LogP contribution in [0.15, 0.2) is 101 Å². The number of aryl methyl sites for hydroxylation is 1. The molecule has 414 valence electrons. The fourth-order valence-corrected chi connectivity index (χ4v) is 11.9. The summed E-state index contributed by atoms with van der Waals surface area (Å²) in [5, 5.41) is 22.5. The summed E-state index contributed by atoms with van der Waals surface area (Å²) in [6, 6.07) is 24.9. The highest BCUT2D eigenvalue weighted by atomic mass is 32.1. The van der Waals surface area contributed by atoms with Gasteiger partial charge in [0.1, 0.15) is 12.8 Å². The third-order valence-electron chi connectivity index (χ3n) is 14.9. The van der Waals surface area contributed by atoms with Crippen LogP contribution in [-0.4, -0.2) is 102 Å². The number of halogens is 1. The van der Waals surface area contributed by atoms with Crippen LogP contribution in [0.2, 0.25) is 0 Å². The van der Waals surface area contributed by atoms with Crippen molar-refractivity contribution in [1.82, 2.24) is 20.4 Å². The standard InChI is InChI=1S/C58H67FN6O11S2/c1-4-5-8-43(33-74-57(71)64(31-46-9-6-23-77-46)32-47-10-7-24-78-47)62-56(70)63-58(29-48(58)54(69)72-3)40-16-22-50-51(27-40)76-55(75-50)39-15-21-49(36(2)25-39)61-35-60-42-17-11-37(12-18-42)26-52(66)65-30-41(59)28-44(65)34-73-45-19-13-38(14-20-45)53(67)68/h6-7,9-12,15-18,21-25,27,35,38,41,43-45,48,55H,4-5,8,13-14,19-20,26,28-34H2,1-3H3,(H,60,61)(H,67,68)(H2,62,63,70)/t38?,41-,43-,44-,45?,48?,55?,58?/m0/s1. The predicted molar refractivity (Wildman–Crippen MR) is 294 cm³/mol. The van der Waals surface area contributed by atoms with Crippen molar-refractivity contribution in [2.24, 2.45) is 16.8 Å². The molecule has 2 aliphatic heterocycles. The number of hydrogen-bond acceptors (Lipinski definition) is 13. The van der Waals surface area contributed by atoms with Gasteiger partial charge in [-0.25, -0.2) is 19.0 Å². The number of benzene rings is 3. The number of alkyl halides is 1. The molecule has 0 bridgehead atoms. The van der Waals surface area contributed by atoms with E-state index in [1.807, 2.05) is 90.5 Å². The van der Waals surface area contributed by atoms with Gasteiger partial charge in [0, 0.05) is 27.4 Å². The van der Waals surface area contributed by atoms with Gasteiger partial charge >= 0.3 is 24.1 Å². The van der Waals surface area contributed by atoms with Gasteiger partial charge in [-0.1, -0.05) is 50.1 Å². The zero-order chi connectivity index (χ0) is 54.8. The summed E-state index contributed by atoms with van der Waals surface area (Å²) in [4.78, 5) is 75.1. The van der Waals surface area contributed by atoms with Gasteiger partial charge in [-0.05, 0) is 127 Å². The van der Waals surface area contributed by atoms with E-state index in [4.69, 9.17) is 23.7 Å². The molecule has 1 saturated heterocycles. The average molecular weight is 1110 g/mol. The van der Waals surface area contributed by atoms with Crippen molar-refractivity contribution < 1.29 is 57.2 Å². The second kappa shape index (κ2) is 25.6. The summed E-state index contributed by atoms with van der Waals surface area (Å²) in [7, 11) is 1.32. The fourth-order valence-electron chi connectivity index (χ4n) is 10.5. The zero-order valence-corrected chi connectivity index (χ0v) is 45.7. The molecular formula is C58H67FN6O11S2. The van der Waals surface area contributed by atoms with Gasteiger partial charge in [-0.3, -0.25) is 19.3 Å². The normalized spacial score (nSPS) is 22.6. The molecule has 20 heteroatoms. The highest BCUT2D eigenvalue weighted by molar-refractivity contribution is 7.10. The van der Waals surface area contributed by atoms with Crippen LogP contribution in [0.5, 0.6) is 11.5 Å². The number of aliphatic imine (C=N–C) groups is 1. The topological polar surface area (TPSA) is 207 Å². The summed E-state index contributed by atoms with van der Waals surface area (Å²) in [5.74, 6) is -1.45. The molecule has 2 saturated carbocycles. The smallest absolute Gasteiger partial charge is 0.410 e. The van der Waals surface area contributed by atoms with E-state index in [1.54, 1.807) is 50.9 Å². The lowest BCUT2D eigenvalue weighted by Gasteiger charge is -2.29. The Labute approximate surface area is 461 Å². The molecule has 4 heterocycles. The van der Waals surface area contributed by atoms with E-state index in [2.05, 4.69) is 27.9 Å². The number of amides is 4. The van der Waals surface area contributed by atoms with E-state index in [-0.39, 0.29) is 56.6 Å². The number of rotatable bonds is 23. The third kappa shape index (κ3) is 14.0. The van der Waals surface area contributed by atoms with Crippen molar-refractivity contribution in [2.75, 3.05) is 32.2 Å². The molecule has 3 fully saturated rings. The first-order chi connectivity index (χ1) is 37.8. The number of carbonyl (C=O) groups excluding carboxylic acids is 4. The van der Waals surface area contributed by atoms with Crippen molar-refractivity contribution in [2.45, 2.75) is 127 Å². The average Bonchev–Trinajstić information content (AvgIpc) is 4.24. The molecule has 2 aromatic heterocycles. The number of unbranched alkanes of at least 4 members (excludes halogenated alkanes) is 1. The van der Waals surface area contributed by atoms with Crippen LogP contribution in [0.25, 0.3) is 0 Å². The number of esters is 1. The lowest BCUT2D eigenvalue weighted by Crippen LogP contribution is -2.49. The minimum atomic E-state index is -1.12. The third-order valence-corrected chi connectivity index (χ3v) is 16.7. The number of aliphatic carboxylic acids is 1. The number of carbonyl (C=O) groups is 5. The molecular weight excluding hydrogens is 1040 g/mol. The Bertz CT molecular complexity index is 2860. The molecule has 4 amide bonds. The lowest BCUT2D eigenvalue weighted by atomic mass is 9.87. The molecule has 78 heavy (non-hydrogen) atoms. The number of nitrogens with one attached hydrogen (secondary N) is 3. The quantitative estimate of drug-likeness (QED) is 0.0274. The molecule has 0 spiro atoms. The van der Waals surface area contributed by atoms with Gasteiger partial charge in [0.05, 0.1) is 87.4 Å². The molecule has 5 aromatic rings. The number of carboxylic acids is 1. The van der Waals surface area contributed by atoms with Crippen molar-refractivity contribution in [3.05, 3.63) is 128 Å². The number of methoxy groups -OCH3 is 1. The molecule has 9 rings (SSSR count). The van der Waals surface area contributed by atoms with E-state index in [9.17, 15) is 33.5 Å². The van der Waals surface area contributed by atoms with E-state index in [0.717, 1.165) is 45.0 Å². The number of carboxylic acid groups (broad SMARTS) is 1. The number of fused-ring (bicyclic) bond motifs is 1. The maximum Gasteiger partial charge on any atom is 0.410 e. The van der Waals surface area contributed by atoms with Crippen molar-refractivity contribution in [1.29, 1.82) is 0 Å².